The van der Waals surface area contributed by atoms with Gasteiger partial charge in [0, 0.05) is 13.7 Å². The fourth-order valence-corrected chi connectivity index (χ4v) is 1.47. The lowest BCUT2D eigenvalue weighted by Gasteiger charge is -2.14. The number of ether oxygens (including phenoxy) is 2. The summed E-state index contributed by atoms with van der Waals surface area (Å²) < 4.78 is 10.7. The van der Waals surface area contributed by atoms with Crippen LogP contribution in [-0.2, 0) is 11.3 Å². The van der Waals surface area contributed by atoms with Crippen molar-refractivity contribution >= 4 is 0 Å². The van der Waals surface area contributed by atoms with E-state index in [1.807, 2.05) is 32.0 Å². The summed E-state index contributed by atoms with van der Waals surface area (Å²) in [5.41, 5.74) is 7.91. The summed E-state index contributed by atoms with van der Waals surface area (Å²) in [7, 11) is 1.67. The fourth-order valence-electron chi connectivity index (χ4n) is 1.47. The second-order valence-electron chi connectivity index (χ2n) is 3.68. The third kappa shape index (κ3) is 3.53. The average molecular weight is 209 g/mol. The van der Waals surface area contributed by atoms with E-state index in [0.29, 0.717) is 13.2 Å². The van der Waals surface area contributed by atoms with Gasteiger partial charge in [-0.1, -0.05) is 6.07 Å². The Bertz CT molecular complexity index is 312. The molecule has 0 heterocycles. The van der Waals surface area contributed by atoms with E-state index in [4.69, 9.17) is 15.2 Å². The van der Waals surface area contributed by atoms with Gasteiger partial charge in [-0.05, 0) is 37.1 Å². The Balaban J connectivity index is 2.66. The summed E-state index contributed by atoms with van der Waals surface area (Å²) in [6, 6.07) is 5.96. The van der Waals surface area contributed by atoms with Crippen LogP contribution < -0.4 is 10.5 Å². The molecule has 1 aromatic carbocycles. The molecule has 0 saturated heterocycles. The van der Waals surface area contributed by atoms with E-state index in [-0.39, 0.29) is 6.10 Å². The highest BCUT2D eigenvalue weighted by molar-refractivity contribution is 5.34. The minimum Gasteiger partial charge on any atom is -0.488 e. The average Bonchev–Trinajstić information content (AvgIpc) is 2.18. The molecule has 1 unspecified atom stereocenters. The highest BCUT2D eigenvalue weighted by Crippen LogP contribution is 2.18. The molecule has 3 heteroatoms. The maximum Gasteiger partial charge on any atom is 0.120 e. The monoisotopic (exact) mass is 209 g/mol. The summed E-state index contributed by atoms with van der Waals surface area (Å²) in [6.07, 6.45) is 0.0677. The molecule has 0 bridgehead atoms. The molecular weight excluding hydrogens is 190 g/mol. The molecule has 0 aliphatic rings. The van der Waals surface area contributed by atoms with Gasteiger partial charge in [-0.2, -0.15) is 0 Å². The molecule has 0 saturated carbocycles. The zero-order valence-electron chi connectivity index (χ0n) is 9.62. The van der Waals surface area contributed by atoms with E-state index in [1.165, 1.54) is 5.56 Å². The van der Waals surface area contributed by atoms with Gasteiger partial charge in [-0.3, -0.25) is 0 Å². The Morgan fingerprint density at radius 2 is 2.13 bits per heavy atom. The molecule has 1 rings (SSSR count). The van der Waals surface area contributed by atoms with Crippen LogP contribution in [0.3, 0.4) is 0 Å². The van der Waals surface area contributed by atoms with E-state index >= 15 is 0 Å². The Labute approximate surface area is 91.2 Å². The molecule has 1 atom stereocenters. The van der Waals surface area contributed by atoms with Crippen molar-refractivity contribution in [2.24, 2.45) is 5.73 Å². The van der Waals surface area contributed by atoms with Crippen LogP contribution in [0.25, 0.3) is 0 Å². The normalized spacial score (nSPS) is 12.5. The minimum atomic E-state index is 0.0677. The second kappa shape index (κ2) is 5.73. The van der Waals surface area contributed by atoms with Crippen molar-refractivity contribution in [2.75, 3.05) is 13.7 Å². The van der Waals surface area contributed by atoms with Crippen molar-refractivity contribution < 1.29 is 9.47 Å². The van der Waals surface area contributed by atoms with Gasteiger partial charge >= 0.3 is 0 Å². The summed E-state index contributed by atoms with van der Waals surface area (Å²) in [5.74, 6) is 0.870. The lowest BCUT2D eigenvalue weighted by molar-refractivity contribution is 0.0920. The molecule has 0 amide bonds. The molecule has 0 spiro atoms. The number of nitrogens with two attached hydrogens (primary N) is 1. The number of benzene rings is 1. The molecule has 0 aliphatic heterocycles. The van der Waals surface area contributed by atoms with Crippen LogP contribution in [-0.4, -0.2) is 19.8 Å². The Hall–Kier alpha value is -1.06. The Morgan fingerprint density at radius 3 is 2.67 bits per heavy atom. The van der Waals surface area contributed by atoms with Gasteiger partial charge in [0.1, 0.15) is 11.9 Å². The van der Waals surface area contributed by atoms with E-state index in [1.54, 1.807) is 7.11 Å². The van der Waals surface area contributed by atoms with E-state index in [9.17, 15) is 0 Å². The first-order chi connectivity index (χ1) is 7.17. The summed E-state index contributed by atoms with van der Waals surface area (Å²) in [4.78, 5) is 0. The molecule has 0 fully saturated rings. The second-order valence-corrected chi connectivity index (χ2v) is 3.68. The topological polar surface area (TPSA) is 44.5 Å². The first-order valence-corrected chi connectivity index (χ1v) is 5.12. The molecule has 3 nitrogen and oxygen atoms in total. The minimum absolute atomic E-state index is 0.0677. The van der Waals surface area contributed by atoms with Gasteiger partial charge < -0.3 is 15.2 Å². The largest absolute Gasteiger partial charge is 0.488 e. The third-order valence-electron chi connectivity index (χ3n) is 2.27. The predicted octanol–water partition coefficient (Wildman–Crippen LogP) is 1.87. The van der Waals surface area contributed by atoms with Crippen molar-refractivity contribution in [3.63, 3.8) is 0 Å². The number of aryl methyl sites for hydroxylation is 1. The van der Waals surface area contributed by atoms with Crippen molar-refractivity contribution in [3.05, 3.63) is 29.3 Å². The quantitative estimate of drug-likeness (QED) is 0.805. The van der Waals surface area contributed by atoms with E-state index in [0.717, 1.165) is 11.3 Å². The van der Waals surface area contributed by atoms with Crippen LogP contribution in [0.1, 0.15) is 18.1 Å². The first-order valence-electron chi connectivity index (χ1n) is 5.12. The van der Waals surface area contributed by atoms with E-state index < -0.39 is 0 Å². The number of methoxy groups -OCH3 is 1. The Kier molecular flexibility index (Phi) is 4.59. The molecule has 0 aliphatic carbocycles. The van der Waals surface area contributed by atoms with Crippen molar-refractivity contribution in [1.29, 1.82) is 0 Å². The van der Waals surface area contributed by atoms with Crippen LogP contribution in [0.5, 0.6) is 5.75 Å². The summed E-state index contributed by atoms with van der Waals surface area (Å²) in [5, 5.41) is 0. The molecule has 2 N–H and O–H groups in total. The maximum absolute atomic E-state index is 5.67. The molecule has 0 aromatic heterocycles. The van der Waals surface area contributed by atoms with Crippen LogP contribution in [0.15, 0.2) is 18.2 Å². The highest BCUT2D eigenvalue weighted by atomic mass is 16.5. The highest BCUT2D eigenvalue weighted by Gasteiger charge is 2.04. The summed E-state index contributed by atoms with van der Waals surface area (Å²) in [6.45, 7) is 5.18. The zero-order valence-corrected chi connectivity index (χ0v) is 9.62. The number of hydrogen-bond acceptors (Lipinski definition) is 3. The van der Waals surface area contributed by atoms with Gasteiger partial charge in [0.25, 0.3) is 0 Å². The smallest absolute Gasteiger partial charge is 0.120 e. The molecule has 15 heavy (non-hydrogen) atoms. The lowest BCUT2D eigenvalue weighted by Crippen LogP contribution is -2.18. The lowest BCUT2D eigenvalue weighted by atomic mass is 10.1. The van der Waals surface area contributed by atoms with Crippen LogP contribution in [0, 0.1) is 6.92 Å². The maximum atomic E-state index is 5.67. The van der Waals surface area contributed by atoms with Crippen molar-refractivity contribution in [2.45, 2.75) is 26.5 Å². The van der Waals surface area contributed by atoms with Crippen LogP contribution in [0.2, 0.25) is 0 Å². The Morgan fingerprint density at radius 1 is 1.40 bits per heavy atom. The van der Waals surface area contributed by atoms with Gasteiger partial charge in [0.15, 0.2) is 0 Å². The van der Waals surface area contributed by atoms with Gasteiger partial charge in [0.2, 0.25) is 0 Å². The molecule has 1 aromatic rings. The van der Waals surface area contributed by atoms with Crippen LogP contribution >= 0.6 is 0 Å². The predicted molar refractivity (Wildman–Crippen MR) is 61.0 cm³/mol. The summed E-state index contributed by atoms with van der Waals surface area (Å²) >= 11 is 0. The standard InChI is InChI=1S/C12H19NO2/c1-9-6-12(5-4-11(9)7-13)15-10(2)8-14-3/h4-6,10H,7-8,13H2,1-3H3. The number of rotatable bonds is 5. The van der Waals surface area contributed by atoms with E-state index in [2.05, 4.69) is 0 Å². The molecular formula is C12H19NO2. The third-order valence-corrected chi connectivity index (χ3v) is 2.27. The zero-order chi connectivity index (χ0) is 11.3. The molecule has 0 radical (unpaired) electrons. The van der Waals surface area contributed by atoms with Gasteiger partial charge in [0.05, 0.1) is 6.61 Å². The SMILES string of the molecule is COCC(C)Oc1ccc(CN)c(C)c1. The van der Waals surface area contributed by atoms with Crippen molar-refractivity contribution in [1.82, 2.24) is 0 Å². The van der Waals surface area contributed by atoms with Crippen LogP contribution in [0.4, 0.5) is 0 Å². The first kappa shape index (κ1) is 12.0. The number of hydrogen-bond donors (Lipinski definition) is 1. The van der Waals surface area contributed by atoms with Gasteiger partial charge in [-0.15, -0.1) is 0 Å². The van der Waals surface area contributed by atoms with Crippen molar-refractivity contribution in [3.8, 4) is 5.75 Å². The van der Waals surface area contributed by atoms with Gasteiger partial charge in [-0.25, -0.2) is 0 Å². The fraction of sp³-hybridized carbons (Fsp3) is 0.500. The molecule has 84 valence electrons.